The highest BCUT2D eigenvalue weighted by Crippen LogP contribution is 2.04. The Balaban J connectivity index is 2.35. The Morgan fingerprint density at radius 3 is 2.50 bits per heavy atom. The summed E-state index contributed by atoms with van der Waals surface area (Å²) in [7, 11) is 0. The first-order valence-electron chi connectivity index (χ1n) is 8.09. The zero-order valence-electron chi connectivity index (χ0n) is 14.6. The molecule has 0 aliphatic heterocycles. The molecule has 124 valence electrons. The Morgan fingerprint density at radius 2 is 1.91 bits per heavy atom. The van der Waals surface area contributed by atoms with E-state index in [1.807, 2.05) is 18.2 Å². The maximum Gasteiger partial charge on any atom is 0.191 e. The Kier molecular flexibility index (Phi) is 7.96. The topological polar surface area (TPSA) is 45.7 Å². The lowest BCUT2D eigenvalue weighted by Crippen LogP contribution is -2.47. The van der Waals surface area contributed by atoms with Gasteiger partial charge in [0.2, 0.25) is 0 Å². The lowest BCUT2D eigenvalue weighted by Gasteiger charge is -2.24. The Morgan fingerprint density at radius 1 is 1.23 bits per heavy atom. The molecule has 22 heavy (non-hydrogen) atoms. The first kappa shape index (κ1) is 18.5. The Bertz CT molecular complexity index is 437. The van der Waals surface area contributed by atoms with Crippen LogP contribution in [-0.4, -0.2) is 31.2 Å². The van der Waals surface area contributed by atoms with Gasteiger partial charge in [0.25, 0.3) is 0 Å². The number of aliphatic imine (C=N–C) groups is 1. The zero-order chi connectivity index (χ0) is 16.4. The van der Waals surface area contributed by atoms with E-state index in [0.29, 0.717) is 19.1 Å². The summed E-state index contributed by atoms with van der Waals surface area (Å²) in [5.41, 5.74) is 1.22. The van der Waals surface area contributed by atoms with Crippen molar-refractivity contribution in [2.75, 3.05) is 19.7 Å². The standard InChI is InChI=1S/C18H31N3O/c1-6-19-17(21-18(3,4)5)20-12-15(2)13-22-14-16-10-8-7-9-11-16/h7-11,15H,6,12-14H2,1-5H3,(H2,19,20,21). The number of nitrogens with one attached hydrogen (secondary N) is 2. The van der Waals surface area contributed by atoms with Crippen LogP contribution in [0.25, 0.3) is 0 Å². The van der Waals surface area contributed by atoms with E-state index in [2.05, 4.69) is 62.4 Å². The van der Waals surface area contributed by atoms with Gasteiger partial charge in [0.1, 0.15) is 0 Å². The normalized spacial score (nSPS) is 13.8. The number of hydrogen-bond donors (Lipinski definition) is 2. The summed E-state index contributed by atoms with van der Waals surface area (Å²) in [6.07, 6.45) is 0. The van der Waals surface area contributed by atoms with E-state index in [1.54, 1.807) is 0 Å². The van der Waals surface area contributed by atoms with Crippen LogP contribution in [0.5, 0.6) is 0 Å². The fraction of sp³-hybridized carbons (Fsp3) is 0.611. The molecule has 0 saturated heterocycles. The number of hydrogen-bond acceptors (Lipinski definition) is 2. The molecular weight excluding hydrogens is 274 g/mol. The van der Waals surface area contributed by atoms with Gasteiger partial charge >= 0.3 is 0 Å². The van der Waals surface area contributed by atoms with Crippen molar-refractivity contribution in [2.45, 2.75) is 46.8 Å². The molecule has 0 spiro atoms. The summed E-state index contributed by atoms with van der Waals surface area (Å²) in [5.74, 6) is 1.25. The molecule has 4 nitrogen and oxygen atoms in total. The van der Waals surface area contributed by atoms with Crippen LogP contribution in [0.2, 0.25) is 0 Å². The second kappa shape index (κ2) is 9.46. The summed E-state index contributed by atoms with van der Waals surface area (Å²) >= 11 is 0. The van der Waals surface area contributed by atoms with Gasteiger partial charge in [-0.1, -0.05) is 37.3 Å². The number of rotatable bonds is 7. The average molecular weight is 305 g/mol. The summed E-state index contributed by atoms with van der Waals surface area (Å²) < 4.78 is 5.76. The molecule has 0 aromatic heterocycles. The maximum atomic E-state index is 5.76. The summed E-state index contributed by atoms with van der Waals surface area (Å²) in [6, 6.07) is 10.3. The molecular formula is C18H31N3O. The molecule has 1 unspecified atom stereocenters. The quantitative estimate of drug-likeness (QED) is 0.601. The van der Waals surface area contributed by atoms with E-state index in [-0.39, 0.29) is 5.54 Å². The monoisotopic (exact) mass is 305 g/mol. The van der Waals surface area contributed by atoms with Gasteiger partial charge in [-0.3, -0.25) is 4.99 Å². The third-order valence-electron chi connectivity index (χ3n) is 2.91. The molecule has 1 aromatic rings. The molecule has 0 amide bonds. The Hall–Kier alpha value is -1.55. The van der Waals surface area contributed by atoms with Crippen LogP contribution >= 0.6 is 0 Å². The number of benzene rings is 1. The van der Waals surface area contributed by atoms with E-state index in [9.17, 15) is 0 Å². The third-order valence-corrected chi connectivity index (χ3v) is 2.91. The minimum atomic E-state index is 0.00799. The van der Waals surface area contributed by atoms with Crippen molar-refractivity contribution >= 4 is 5.96 Å². The second-order valence-corrected chi connectivity index (χ2v) is 6.70. The van der Waals surface area contributed by atoms with Crippen molar-refractivity contribution in [1.29, 1.82) is 0 Å². The highest BCUT2D eigenvalue weighted by molar-refractivity contribution is 5.80. The SMILES string of the molecule is CCNC(=NCC(C)COCc1ccccc1)NC(C)(C)C. The molecule has 2 N–H and O–H groups in total. The zero-order valence-corrected chi connectivity index (χ0v) is 14.6. The lowest BCUT2D eigenvalue weighted by molar-refractivity contribution is 0.0944. The van der Waals surface area contributed by atoms with E-state index in [0.717, 1.165) is 19.0 Å². The smallest absolute Gasteiger partial charge is 0.191 e. The van der Waals surface area contributed by atoms with Gasteiger partial charge in [-0.2, -0.15) is 0 Å². The Labute approximate surface area is 135 Å². The van der Waals surface area contributed by atoms with Gasteiger partial charge in [0, 0.05) is 18.6 Å². The molecule has 0 fully saturated rings. The van der Waals surface area contributed by atoms with Crippen LogP contribution in [0.4, 0.5) is 0 Å². The minimum Gasteiger partial charge on any atom is -0.376 e. The van der Waals surface area contributed by atoms with Gasteiger partial charge < -0.3 is 15.4 Å². The predicted molar refractivity (Wildman–Crippen MR) is 94.1 cm³/mol. The van der Waals surface area contributed by atoms with Crippen molar-refractivity contribution in [3.63, 3.8) is 0 Å². The first-order chi connectivity index (χ1) is 10.4. The van der Waals surface area contributed by atoms with Gasteiger partial charge in [-0.05, 0) is 39.2 Å². The molecule has 0 heterocycles. The number of nitrogens with zero attached hydrogens (tertiary/aromatic N) is 1. The van der Waals surface area contributed by atoms with Gasteiger partial charge in [-0.15, -0.1) is 0 Å². The molecule has 4 heteroatoms. The maximum absolute atomic E-state index is 5.76. The molecule has 0 aliphatic rings. The molecule has 0 radical (unpaired) electrons. The van der Waals surface area contributed by atoms with E-state index >= 15 is 0 Å². The molecule has 1 aromatic carbocycles. The fourth-order valence-electron chi connectivity index (χ4n) is 1.91. The second-order valence-electron chi connectivity index (χ2n) is 6.70. The van der Waals surface area contributed by atoms with Gasteiger partial charge in [-0.25, -0.2) is 0 Å². The number of ether oxygens (including phenoxy) is 1. The van der Waals surface area contributed by atoms with Crippen LogP contribution in [0.3, 0.4) is 0 Å². The van der Waals surface area contributed by atoms with E-state index in [1.165, 1.54) is 5.56 Å². The highest BCUT2D eigenvalue weighted by Gasteiger charge is 2.12. The van der Waals surface area contributed by atoms with Crippen molar-refractivity contribution in [3.05, 3.63) is 35.9 Å². The van der Waals surface area contributed by atoms with Crippen molar-refractivity contribution in [2.24, 2.45) is 10.9 Å². The molecule has 1 atom stereocenters. The van der Waals surface area contributed by atoms with E-state index in [4.69, 9.17) is 4.74 Å². The first-order valence-corrected chi connectivity index (χ1v) is 8.09. The van der Waals surface area contributed by atoms with Crippen LogP contribution in [-0.2, 0) is 11.3 Å². The van der Waals surface area contributed by atoms with Crippen LogP contribution < -0.4 is 10.6 Å². The third kappa shape index (κ3) is 8.67. The van der Waals surface area contributed by atoms with Crippen LogP contribution in [0, 0.1) is 5.92 Å². The summed E-state index contributed by atoms with van der Waals surface area (Å²) in [6.45, 7) is 13.6. The highest BCUT2D eigenvalue weighted by atomic mass is 16.5. The van der Waals surface area contributed by atoms with Crippen molar-refractivity contribution in [1.82, 2.24) is 10.6 Å². The van der Waals surface area contributed by atoms with E-state index < -0.39 is 0 Å². The summed E-state index contributed by atoms with van der Waals surface area (Å²) in [4.78, 5) is 4.64. The summed E-state index contributed by atoms with van der Waals surface area (Å²) in [5, 5.41) is 6.67. The van der Waals surface area contributed by atoms with Crippen molar-refractivity contribution < 1.29 is 4.74 Å². The minimum absolute atomic E-state index is 0.00799. The fourth-order valence-corrected chi connectivity index (χ4v) is 1.91. The molecule has 0 bridgehead atoms. The van der Waals surface area contributed by atoms with Gasteiger partial charge in [0.05, 0.1) is 13.2 Å². The van der Waals surface area contributed by atoms with Gasteiger partial charge in [0.15, 0.2) is 5.96 Å². The average Bonchev–Trinajstić information content (AvgIpc) is 2.45. The van der Waals surface area contributed by atoms with Crippen LogP contribution in [0.1, 0.15) is 40.2 Å². The van der Waals surface area contributed by atoms with Crippen molar-refractivity contribution in [3.8, 4) is 0 Å². The lowest BCUT2D eigenvalue weighted by atomic mass is 10.1. The molecule has 1 rings (SSSR count). The van der Waals surface area contributed by atoms with Crippen LogP contribution in [0.15, 0.2) is 35.3 Å². The predicted octanol–water partition coefficient (Wildman–Crippen LogP) is 3.19. The largest absolute Gasteiger partial charge is 0.376 e. The molecule has 0 aliphatic carbocycles. The number of guanidine groups is 1. The molecule has 0 saturated carbocycles.